The third-order valence-corrected chi connectivity index (χ3v) is 3.95. The van der Waals surface area contributed by atoms with Crippen molar-refractivity contribution in [1.29, 1.82) is 0 Å². The number of esters is 1. The monoisotopic (exact) mass is 384 g/mol. The van der Waals surface area contributed by atoms with Crippen molar-refractivity contribution in [1.82, 2.24) is 5.32 Å². The molecule has 2 amide bonds. The van der Waals surface area contributed by atoms with Crippen molar-refractivity contribution in [2.24, 2.45) is 0 Å². The molecule has 0 saturated heterocycles. The number of anilines is 1. The Bertz CT molecular complexity index is 868. The van der Waals surface area contributed by atoms with E-state index in [0.717, 1.165) is 5.56 Å². The van der Waals surface area contributed by atoms with Crippen LogP contribution in [-0.2, 0) is 25.5 Å². The molecule has 8 heteroatoms. The van der Waals surface area contributed by atoms with Gasteiger partial charge >= 0.3 is 5.97 Å². The maximum Gasteiger partial charge on any atom is 0.326 e. The molecule has 0 fully saturated rings. The van der Waals surface area contributed by atoms with Gasteiger partial charge in [-0.05, 0) is 24.6 Å². The summed E-state index contributed by atoms with van der Waals surface area (Å²) in [5.41, 5.74) is 1.33. The van der Waals surface area contributed by atoms with Crippen LogP contribution in [-0.4, -0.2) is 37.2 Å². The summed E-state index contributed by atoms with van der Waals surface area (Å²) in [6.45, 7) is 1.27. The van der Waals surface area contributed by atoms with Gasteiger partial charge in [0.15, 0.2) is 17.6 Å². The summed E-state index contributed by atoms with van der Waals surface area (Å²) in [5, 5.41) is 5.11. The van der Waals surface area contributed by atoms with E-state index < -0.39 is 18.0 Å². The van der Waals surface area contributed by atoms with Gasteiger partial charge in [-0.2, -0.15) is 0 Å². The van der Waals surface area contributed by atoms with Crippen molar-refractivity contribution in [3.8, 4) is 11.5 Å². The SMILES string of the molecule is C[C@@H](OC(=O)CNC(=O)Cc1ccccc1)C(=O)Nc1ccc2c(c1)OCO2. The first kappa shape index (κ1) is 19.2. The van der Waals surface area contributed by atoms with Crippen molar-refractivity contribution >= 4 is 23.5 Å². The van der Waals surface area contributed by atoms with Gasteiger partial charge in [-0.1, -0.05) is 30.3 Å². The van der Waals surface area contributed by atoms with Crippen molar-refractivity contribution in [2.45, 2.75) is 19.4 Å². The van der Waals surface area contributed by atoms with E-state index in [1.807, 2.05) is 30.3 Å². The fourth-order valence-corrected chi connectivity index (χ4v) is 2.53. The van der Waals surface area contributed by atoms with Crippen molar-refractivity contribution in [2.75, 3.05) is 18.7 Å². The van der Waals surface area contributed by atoms with Crippen LogP contribution in [0.2, 0.25) is 0 Å². The van der Waals surface area contributed by atoms with Gasteiger partial charge in [0.1, 0.15) is 6.54 Å². The number of carbonyl (C=O) groups excluding carboxylic acids is 3. The summed E-state index contributed by atoms with van der Waals surface area (Å²) in [6, 6.07) is 14.1. The summed E-state index contributed by atoms with van der Waals surface area (Å²) >= 11 is 0. The second-order valence-electron chi connectivity index (χ2n) is 6.13. The molecule has 3 rings (SSSR count). The fourth-order valence-electron chi connectivity index (χ4n) is 2.53. The zero-order valence-electron chi connectivity index (χ0n) is 15.3. The lowest BCUT2D eigenvalue weighted by Crippen LogP contribution is -2.36. The predicted molar refractivity (Wildman–Crippen MR) is 99.9 cm³/mol. The van der Waals surface area contributed by atoms with Gasteiger partial charge in [-0.25, -0.2) is 0 Å². The second-order valence-corrected chi connectivity index (χ2v) is 6.13. The highest BCUT2D eigenvalue weighted by molar-refractivity contribution is 5.95. The zero-order chi connectivity index (χ0) is 19.9. The first-order chi connectivity index (χ1) is 13.5. The Morgan fingerprint density at radius 3 is 2.61 bits per heavy atom. The number of rotatable bonds is 7. The van der Waals surface area contributed by atoms with E-state index in [0.29, 0.717) is 17.2 Å². The summed E-state index contributed by atoms with van der Waals surface area (Å²) < 4.78 is 15.5. The molecule has 2 N–H and O–H groups in total. The van der Waals surface area contributed by atoms with E-state index in [4.69, 9.17) is 14.2 Å². The molecule has 0 unspecified atom stereocenters. The molecule has 1 aliphatic heterocycles. The van der Waals surface area contributed by atoms with Crippen LogP contribution >= 0.6 is 0 Å². The van der Waals surface area contributed by atoms with Gasteiger partial charge in [-0.3, -0.25) is 14.4 Å². The Kier molecular flexibility index (Phi) is 6.11. The summed E-state index contributed by atoms with van der Waals surface area (Å²) in [5.74, 6) is -0.370. The fraction of sp³-hybridized carbons (Fsp3) is 0.250. The third-order valence-electron chi connectivity index (χ3n) is 3.95. The molecular weight excluding hydrogens is 364 g/mol. The van der Waals surface area contributed by atoms with Gasteiger partial charge in [0.05, 0.1) is 6.42 Å². The Hall–Kier alpha value is -3.55. The van der Waals surface area contributed by atoms with Crippen LogP contribution in [0.4, 0.5) is 5.69 Å². The number of hydrogen-bond donors (Lipinski definition) is 2. The lowest BCUT2D eigenvalue weighted by atomic mass is 10.1. The molecule has 0 aliphatic carbocycles. The van der Waals surface area contributed by atoms with Crippen molar-refractivity contribution in [3.63, 3.8) is 0 Å². The number of carbonyl (C=O) groups is 3. The van der Waals surface area contributed by atoms with Crippen LogP contribution in [0.5, 0.6) is 11.5 Å². The van der Waals surface area contributed by atoms with Gasteiger partial charge in [-0.15, -0.1) is 0 Å². The highest BCUT2D eigenvalue weighted by Gasteiger charge is 2.20. The van der Waals surface area contributed by atoms with Crippen molar-refractivity contribution in [3.05, 3.63) is 54.1 Å². The van der Waals surface area contributed by atoms with E-state index in [2.05, 4.69) is 10.6 Å². The standard InChI is InChI=1S/C20H20N2O6/c1-13(20(25)22-15-7-8-16-17(10-15)27-12-26-16)28-19(24)11-21-18(23)9-14-5-3-2-4-6-14/h2-8,10,13H,9,11-12H2,1H3,(H,21,23)(H,22,25)/t13-/m1/s1. The highest BCUT2D eigenvalue weighted by atomic mass is 16.7. The van der Waals surface area contributed by atoms with Gasteiger partial charge in [0, 0.05) is 11.8 Å². The predicted octanol–water partition coefficient (Wildman–Crippen LogP) is 1.64. The molecule has 0 saturated carbocycles. The van der Waals surface area contributed by atoms with Crippen molar-refractivity contribution < 1.29 is 28.6 Å². The normalized spacial score (nSPS) is 12.8. The maximum absolute atomic E-state index is 12.2. The molecule has 1 atom stereocenters. The number of fused-ring (bicyclic) bond motifs is 1. The van der Waals surface area contributed by atoms with Crippen LogP contribution in [0.25, 0.3) is 0 Å². The minimum Gasteiger partial charge on any atom is -0.454 e. The molecular formula is C20H20N2O6. The van der Waals surface area contributed by atoms with Crippen LogP contribution < -0.4 is 20.1 Å². The summed E-state index contributed by atoms with van der Waals surface area (Å²) in [4.78, 5) is 35.9. The molecule has 0 aromatic heterocycles. The average Bonchev–Trinajstić information content (AvgIpc) is 3.15. The average molecular weight is 384 g/mol. The number of hydrogen-bond acceptors (Lipinski definition) is 6. The third kappa shape index (κ3) is 5.23. The Labute approximate surface area is 161 Å². The molecule has 2 aromatic carbocycles. The molecule has 2 aromatic rings. The Balaban J connectivity index is 1.42. The molecule has 1 heterocycles. The van der Waals surface area contributed by atoms with E-state index in [1.54, 1.807) is 18.2 Å². The molecule has 0 radical (unpaired) electrons. The largest absolute Gasteiger partial charge is 0.454 e. The number of nitrogens with one attached hydrogen (secondary N) is 2. The van der Waals surface area contributed by atoms with E-state index in [-0.39, 0.29) is 25.7 Å². The zero-order valence-corrected chi connectivity index (χ0v) is 15.3. The van der Waals surface area contributed by atoms with Crippen LogP contribution in [0.15, 0.2) is 48.5 Å². The highest BCUT2D eigenvalue weighted by Crippen LogP contribution is 2.34. The first-order valence-electron chi connectivity index (χ1n) is 8.72. The van der Waals surface area contributed by atoms with Gasteiger partial charge in [0.2, 0.25) is 12.7 Å². The topological polar surface area (TPSA) is 103 Å². The minimum absolute atomic E-state index is 0.136. The smallest absolute Gasteiger partial charge is 0.326 e. The molecule has 0 spiro atoms. The molecule has 8 nitrogen and oxygen atoms in total. The lowest BCUT2D eigenvalue weighted by Gasteiger charge is -2.14. The molecule has 146 valence electrons. The molecule has 28 heavy (non-hydrogen) atoms. The van der Waals surface area contributed by atoms with Crippen LogP contribution in [0.1, 0.15) is 12.5 Å². The number of ether oxygens (including phenoxy) is 3. The maximum atomic E-state index is 12.2. The number of amides is 2. The van der Waals surface area contributed by atoms with Gasteiger partial charge < -0.3 is 24.8 Å². The van der Waals surface area contributed by atoms with Crippen LogP contribution in [0.3, 0.4) is 0 Å². The van der Waals surface area contributed by atoms with E-state index in [9.17, 15) is 14.4 Å². The molecule has 1 aliphatic rings. The summed E-state index contributed by atoms with van der Waals surface area (Å²) in [7, 11) is 0. The second kappa shape index (κ2) is 8.90. The Morgan fingerprint density at radius 1 is 1.07 bits per heavy atom. The quantitative estimate of drug-likeness (QED) is 0.704. The van der Waals surface area contributed by atoms with Gasteiger partial charge in [0.25, 0.3) is 5.91 Å². The number of benzene rings is 2. The lowest BCUT2D eigenvalue weighted by molar-refractivity contribution is -0.152. The molecule has 0 bridgehead atoms. The van der Waals surface area contributed by atoms with E-state index in [1.165, 1.54) is 6.92 Å². The van der Waals surface area contributed by atoms with Crippen LogP contribution in [0, 0.1) is 0 Å². The Morgan fingerprint density at radius 2 is 1.82 bits per heavy atom. The minimum atomic E-state index is -1.02. The first-order valence-corrected chi connectivity index (χ1v) is 8.72. The summed E-state index contributed by atoms with van der Waals surface area (Å²) in [6.07, 6.45) is -0.863. The van der Waals surface area contributed by atoms with E-state index >= 15 is 0 Å².